The largest absolute Gasteiger partial charge is 0.497 e. The van der Waals surface area contributed by atoms with Crippen LogP contribution in [0.3, 0.4) is 0 Å². The van der Waals surface area contributed by atoms with E-state index in [1.165, 1.54) is 38.3 Å². The molecule has 1 aliphatic rings. The monoisotopic (exact) mass is 419 g/mol. The summed E-state index contributed by atoms with van der Waals surface area (Å²) in [5.74, 6) is 0.0907. The van der Waals surface area contributed by atoms with Crippen molar-refractivity contribution in [1.82, 2.24) is 5.32 Å². The van der Waals surface area contributed by atoms with Crippen LogP contribution in [-0.2, 0) is 14.8 Å². The summed E-state index contributed by atoms with van der Waals surface area (Å²) in [7, 11) is -2.75. The van der Waals surface area contributed by atoms with Gasteiger partial charge in [-0.1, -0.05) is 6.07 Å². The maximum Gasteiger partial charge on any atom is 0.273 e. The van der Waals surface area contributed by atoms with Crippen LogP contribution in [0.25, 0.3) is 0 Å². The number of aryl methyl sites for hydroxylation is 1. The molecule has 29 heavy (non-hydrogen) atoms. The van der Waals surface area contributed by atoms with E-state index < -0.39 is 27.4 Å². The highest BCUT2D eigenvalue weighted by atomic mass is 32.2. The standard InChI is InChI=1S/C19H21N3O6S/c1-13-3-10-17(11-18(13)22(24)25)29(26,27)21(12-19(23)20-14-4-5-14)15-6-8-16(28-2)9-7-15/h3,6-11,14H,4-5,12H2,1-2H3,(H,20,23). The number of benzene rings is 2. The van der Waals surface area contributed by atoms with Gasteiger partial charge in [0, 0.05) is 17.7 Å². The molecule has 9 nitrogen and oxygen atoms in total. The van der Waals surface area contributed by atoms with Crippen LogP contribution in [0.15, 0.2) is 47.4 Å². The molecule has 1 fully saturated rings. The fourth-order valence-electron chi connectivity index (χ4n) is 2.77. The van der Waals surface area contributed by atoms with Crippen molar-refractivity contribution >= 4 is 27.3 Å². The Kier molecular flexibility index (Phi) is 5.73. The van der Waals surface area contributed by atoms with Crippen LogP contribution < -0.4 is 14.4 Å². The van der Waals surface area contributed by atoms with Crippen LogP contribution in [0, 0.1) is 17.0 Å². The zero-order valence-electron chi connectivity index (χ0n) is 16.0. The van der Waals surface area contributed by atoms with E-state index in [0.717, 1.165) is 23.2 Å². The molecule has 2 aromatic rings. The predicted molar refractivity (Wildman–Crippen MR) is 107 cm³/mol. The van der Waals surface area contributed by atoms with Gasteiger partial charge in [-0.2, -0.15) is 0 Å². The number of amides is 1. The van der Waals surface area contributed by atoms with E-state index in [0.29, 0.717) is 11.3 Å². The van der Waals surface area contributed by atoms with Gasteiger partial charge in [-0.25, -0.2) is 8.42 Å². The van der Waals surface area contributed by atoms with Crippen LogP contribution in [-0.4, -0.2) is 38.9 Å². The topological polar surface area (TPSA) is 119 Å². The normalized spacial score (nSPS) is 13.6. The minimum absolute atomic E-state index is 0.0726. The Hall–Kier alpha value is -3.14. The van der Waals surface area contributed by atoms with Crippen LogP contribution in [0.5, 0.6) is 5.75 Å². The maximum absolute atomic E-state index is 13.3. The first-order chi connectivity index (χ1) is 13.7. The number of nitrogens with one attached hydrogen (secondary N) is 1. The number of rotatable bonds is 8. The number of anilines is 1. The van der Waals surface area contributed by atoms with Crippen molar-refractivity contribution in [2.45, 2.75) is 30.7 Å². The lowest BCUT2D eigenvalue weighted by Crippen LogP contribution is -2.41. The fraction of sp³-hybridized carbons (Fsp3) is 0.316. The first kappa shape index (κ1) is 20.6. The van der Waals surface area contributed by atoms with E-state index in [2.05, 4.69) is 5.32 Å². The lowest BCUT2D eigenvalue weighted by Gasteiger charge is -2.24. The van der Waals surface area contributed by atoms with Gasteiger partial charge in [-0.15, -0.1) is 0 Å². The Balaban J connectivity index is 2.01. The van der Waals surface area contributed by atoms with Crippen LogP contribution in [0.1, 0.15) is 18.4 Å². The summed E-state index contributed by atoms with van der Waals surface area (Å²) >= 11 is 0. The van der Waals surface area contributed by atoms with Crippen molar-refractivity contribution in [3.63, 3.8) is 0 Å². The first-order valence-electron chi connectivity index (χ1n) is 8.93. The zero-order chi connectivity index (χ0) is 21.2. The number of nitrogens with zero attached hydrogens (tertiary/aromatic N) is 2. The molecule has 0 aliphatic heterocycles. The van der Waals surface area contributed by atoms with Crippen molar-refractivity contribution in [3.05, 3.63) is 58.1 Å². The Bertz CT molecular complexity index is 1030. The highest BCUT2D eigenvalue weighted by Gasteiger charge is 2.31. The summed E-state index contributed by atoms with van der Waals surface area (Å²) in [6.45, 7) is 1.09. The van der Waals surface area contributed by atoms with Gasteiger partial charge < -0.3 is 10.1 Å². The Labute approximate surface area is 168 Å². The van der Waals surface area contributed by atoms with E-state index in [1.54, 1.807) is 12.1 Å². The molecule has 0 unspecified atom stereocenters. The molecule has 2 aromatic carbocycles. The molecule has 0 atom stereocenters. The molecular formula is C19H21N3O6S. The number of carbonyl (C=O) groups is 1. The highest BCUT2D eigenvalue weighted by Crippen LogP contribution is 2.29. The second-order valence-electron chi connectivity index (χ2n) is 6.76. The van der Waals surface area contributed by atoms with Gasteiger partial charge in [0.15, 0.2) is 0 Å². The summed E-state index contributed by atoms with van der Waals surface area (Å²) in [6, 6.07) is 9.95. The fourth-order valence-corrected chi connectivity index (χ4v) is 4.21. The molecule has 0 heterocycles. The number of nitro benzene ring substituents is 1. The molecular weight excluding hydrogens is 398 g/mol. The van der Waals surface area contributed by atoms with Gasteiger partial charge in [-0.3, -0.25) is 19.2 Å². The molecule has 0 bridgehead atoms. The van der Waals surface area contributed by atoms with Gasteiger partial charge in [0.25, 0.3) is 15.7 Å². The van der Waals surface area contributed by atoms with Crippen molar-refractivity contribution < 1.29 is 22.9 Å². The lowest BCUT2D eigenvalue weighted by molar-refractivity contribution is -0.385. The minimum atomic E-state index is -4.23. The number of nitro groups is 1. The van der Waals surface area contributed by atoms with Crippen molar-refractivity contribution in [1.29, 1.82) is 0 Å². The molecule has 1 saturated carbocycles. The Morgan fingerprint density at radius 1 is 1.24 bits per heavy atom. The SMILES string of the molecule is COc1ccc(N(CC(=O)NC2CC2)S(=O)(=O)c2ccc(C)c([N+](=O)[O-])c2)cc1. The molecule has 1 N–H and O–H groups in total. The van der Waals surface area contributed by atoms with E-state index in [9.17, 15) is 23.3 Å². The highest BCUT2D eigenvalue weighted by molar-refractivity contribution is 7.92. The van der Waals surface area contributed by atoms with E-state index in [-0.39, 0.29) is 22.3 Å². The molecule has 3 rings (SSSR count). The predicted octanol–water partition coefficient (Wildman–Crippen LogP) is 2.39. The molecule has 0 aromatic heterocycles. The number of ether oxygens (including phenoxy) is 1. The maximum atomic E-state index is 13.3. The molecule has 0 saturated heterocycles. The first-order valence-corrected chi connectivity index (χ1v) is 10.4. The third-order valence-corrected chi connectivity index (χ3v) is 6.33. The second kappa shape index (κ2) is 8.08. The summed E-state index contributed by atoms with van der Waals surface area (Å²) in [5, 5.41) is 14.0. The van der Waals surface area contributed by atoms with Crippen molar-refractivity contribution in [3.8, 4) is 5.75 Å². The van der Waals surface area contributed by atoms with Crippen molar-refractivity contribution in [2.24, 2.45) is 0 Å². The van der Waals surface area contributed by atoms with E-state index in [1.807, 2.05) is 0 Å². The van der Waals surface area contributed by atoms with Gasteiger partial charge in [-0.05, 0) is 50.1 Å². The second-order valence-corrected chi connectivity index (χ2v) is 8.62. The Morgan fingerprint density at radius 2 is 1.90 bits per heavy atom. The van der Waals surface area contributed by atoms with Gasteiger partial charge in [0.1, 0.15) is 12.3 Å². The summed E-state index contributed by atoms with van der Waals surface area (Å²) < 4.78 is 32.6. The van der Waals surface area contributed by atoms with Gasteiger partial charge >= 0.3 is 0 Å². The number of carbonyl (C=O) groups excluding carboxylic acids is 1. The van der Waals surface area contributed by atoms with Crippen molar-refractivity contribution in [2.75, 3.05) is 18.0 Å². The van der Waals surface area contributed by atoms with Crippen LogP contribution >= 0.6 is 0 Å². The van der Waals surface area contributed by atoms with E-state index >= 15 is 0 Å². The summed E-state index contributed by atoms with van der Waals surface area (Å²) in [6.07, 6.45) is 1.73. The average Bonchev–Trinajstić information content (AvgIpc) is 3.50. The summed E-state index contributed by atoms with van der Waals surface area (Å²) in [5.41, 5.74) is 0.291. The minimum Gasteiger partial charge on any atom is -0.497 e. The van der Waals surface area contributed by atoms with Crippen LogP contribution in [0.4, 0.5) is 11.4 Å². The zero-order valence-corrected chi connectivity index (χ0v) is 16.8. The molecule has 10 heteroatoms. The number of hydrogen-bond donors (Lipinski definition) is 1. The molecule has 1 amide bonds. The number of hydrogen-bond acceptors (Lipinski definition) is 6. The van der Waals surface area contributed by atoms with Gasteiger partial charge in [0.05, 0.1) is 22.6 Å². The van der Waals surface area contributed by atoms with Gasteiger partial charge in [0.2, 0.25) is 5.91 Å². The average molecular weight is 419 g/mol. The third kappa shape index (κ3) is 4.65. The summed E-state index contributed by atoms with van der Waals surface area (Å²) in [4.78, 5) is 22.7. The smallest absolute Gasteiger partial charge is 0.273 e. The third-order valence-electron chi connectivity index (χ3n) is 4.56. The number of methoxy groups -OCH3 is 1. The molecule has 0 spiro atoms. The quantitative estimate of drug-likeness (QED) is 0.518. The Morgan fingerprint density at radius 3 is 2.45 bits per heavy atom. The molecule has 1 aliphatic carbocycles. The molecule has 0 radical (unpaired) electrons. The number of sulfonamides is 1. The molecule has 154 valence electrons. The van der Waals surface area contributed by atoms with E-state index in [4.69, 9.17) is 4.74 Å². The lowest BCUT2D eigenvalue weighted by atomic mass is 10.2. The van der Waals surface area contributed by atoms with Crippen LogP contribution in [0.2, 0.25) is 0 Å².